The van der Waals surface area contributed by atoms with Crippen molar-refractivity contribution in [2.45, 2.75) is 45.7 Å². The number of hydrogen-bond acceptors (Lipinski definition) is 5. The summed E-state index contributed by atoms with van der Waals surface area (Å²) in [6, 6.07) is 2.16. The summed E-state index contributed by atoms with van der Waals surface area (Å²) in [4.78, 5) is 25.7. The highest BCUT2D eigenvalue weighted by Crippen LogP contribution is 2.38. The molecule has 128 valence electrons. The van der Waals surface area contributed by atoms with E-state index in [-0.39, 0.29) is 29.6 Å². The van der Waals surface area contributed by atoms with E-state index in [4.69, 9.17) is 5.11 Å². The van der Waals surface area contributed by atoms with Gasteiger partial charge in [0.1, 0.15) is 0 Å². The SMILES string of the molecule is Cc1cc(C(C)NC(=O)C2CC(n3cc(C(=O)O)nn3)C2)c(C)s1. The first-order valence-electron chi connectivity index (χ1n) is 7.87. The van der Waals surface area contributed by atoms with Gasteiger partial charge in [0.05, 0.1) is 18.3 Å². The number of carboxylic acid groups (broad SMARTS) is 1. The lowest BCUT2D eigenvalue weighted by Crippen LogP contribution is -2.40. The van der Waals surface area contributed by atoms with E-state index >= 15 is 0 Å². The van der Waals surface area contributed by atoms with Crippen molar-refractivity contribution in [1.29, 1.82) is 0 Å². The second-order valence-electron chi connectivity index (χ2n) is 6.31. The molecule has 24 heavy (non-hydrogen) atoms. The Labute approximate surface area is 143 Å². The summed E-state index contributed by atoms with van der Waals surface area (Å²) in [6.45, 7) is 6.13. The zero-order chi connectivity index (χ0) is 17.4. The minimum Gasteiger partial charge on any atom is -0.476 e. The van der Waals surface area contributed by atoms with Crippen molar-refractivity contribution < 1.29 is 14.7 Å². The van der Waals surface area contributed by atoms with Crippen molar-refractivity contribution in [2.24, 2.45) is 5.92 Å². The van der Waals surface area contributed by atoms with Crippen LogP contribution in [0.5, 0.6) is 0 Å². The fourth-order valence-corrected chi connectivity index (χ4v) is 4.08. The molecule has 2 aromatic heterocycles. The number of carbonyl (C=O) groups excluding carboxylic acids is 1. The van der Waals surface area contributed by atoms with E-state index in [0.29, 0.717) is 12.8 Å². The van der Waals surface area contributed by atoms with E-state index < -0.39 is 5.97 Å². The average Bonchev–Trinajstić information content (AvgIpc) is 3.04. The molecule has 1 atom stereocenters. The summed E-state index contributed by atoms with van der Waals surface area (Å²) in [7, 11) is 0. The molecule has 0 radical (unpaired) electrons. The Morgan fingerprint density at radius 1 is 1.42 bits per heavy atom. The second kappa shape index (κ2) is 6.35. The van der Waals surface area contributed by atoms with E-state index in [9.17, 15) is 9.59 Å². The number of carboxylic acids is 1. The number of carbonyl (C=O) groups is 2. The van der Waals surface area contributed by atoms with Gasteiger partial charge in [0.15, 0.2) is 5.69 Å². The zero-order valence-corrected chi connectivity index (χ0v) is 14.6. The number of thiophene rings is 1. The Bertz CT molecular complexity index is 776. The Kier molecular flexibility index (Phi) is 4.40. The molecule has 3 rings (SSSR count). The van der Waals surface area contributed by atoms with Crippen LogP contribution in [0, 0.1) is 19.8 Å². The molecule has 1 unspecified atom stereocenters. The average molecular weight is 348 g/mol. The largest absolute Gasteiger partial charge is 0.476 e. The zero-order valence-electron chi connectivity index (χ0n) is 13.8. The molecule has 2 heterocycles. The van der Waals surface area contributed by atoms with Crippen LogP contribution in [-0.4, -0.2) is 32.0 Å². The number of nitrogens with one attached hydrogen (secondary N) is 1. The summed E-state index contributed by atoms with van der Waals surface area (Å²) in [6.07, 6.45) is 2.73. The summed E-state index contributed by atoms with van der Waals surface area (Å²) in [5.41, 5.74) is 1.10. The quantitative estimate of drug-likeness (QED) is 0.865. The first-order chi connectivity index (χ1) is 11.3. The number of rotatable bonds is 5. The lowest BCUT2D eigenvalue weighted by Gasteiger charge is -2.34. The summed E-state index contributed by atoms with van der Waals surface area (Å²) in [5, 5.41) is 19.4. The molecule has 1 saturated carbocycles. The van der Waals surface area contributed by atoms with Crippen LogP contribution in [0.15, 0.2) is 12.3 Å². The number of aromatic carboxylic acids is 1. The van der Waals surface area contributed by atoms with E-state index in [1.165, 1.54) is 21.5 Å². The monoisotopic (exact) mass is 348 g/mol. The van der Waals surface area contributed by atoms with Crippen LogP contribution in [0.3, 0.4) is 0 Å². The Hall–Kier alpha value is -2.22. The molecule has 0 saturated heterocycles. The van der Waals surface area contributed by atoms with Gasteiger partial charge in [0, 0.05) is 15.7 Å². The molecule has 2 N–H and O–H groups in total. The Balaban J connectivity index is 1.54. The third-order valence-electron chi connectivity index (χ3n) is 4.49. The molecule has 7 nitrogen and oxygen atoms in total. The number of hydrogen-bond donors (Lipinski definition) is 2. The van der Waals surface area contributed by atoms with Crippen molar-refractivity contribution in [1.82, 2.24) is 20.3 Å². The highest BCUT2D eigenvalue weighted by atomic mass is 32.1. The lowest BCUT2D eigenvalue weighted by atomic mass is 9.79. The summed E-state index contributed by atoms with van der Waals surface area (Å²) in [5.74, 6) is -1.11. The molecule has 1 aliphatic carbocycles. The second-order valence-corrected chi connectivity index (χ2v) is 7.77. The van der Waals surface area contributed by atoms with Crippen molar-refractivity contribution >= 4 is 23.2 Å². The Morgan fingerprint density at radius 3 is 2.67 bits per heavy atom. The van der Waals surface area contributed by atoms with Gasteiger partial charge in [-0.3, -0.25) is 4.79 Å². The lowest BCUT2D eigenvalue weighted by molar-refractivity contribution is -0.129. The molecule has 2 aromatic rings. The third-order valence-corrected chi connectivity index (χ3v) is 5.47. The van der Waals surface area contributed by atoms with Gasteiger partial charge in [0.2, 0.25) is 5.91 Å². The molecule has 0 aliphatic heterocycles. The van der Waals surface area contributed by atoms with Crippen molar-refractivity contribution in [2.75, 3.05) is 0 Å². The van der Waals surface area contributed by atoms with Gasteiger partial charge < -0.3 is 10.4 Å². The topological polar surface area (TPSA) is 97.1 Å². The van der Waals surface area contributed by atoms with E-state index in [2.05, 4.69) is 35.5 Å². The van der Waals surface area contributed by atoms with Crippen LogP contribution in [-0.2, 0) is 4.79 Å². The van der Waals surface area contributed by atoms with Crippen LogP contribution < -0.4 is 5.32 Å². The van der Waals surface area contributed by atoms with Crippen LogP contribution in [0.4, 0.5) is 0 Å². The number of amides is 1. The first kappa shape index (κ1) is 16.6. The third kappa shape index (κ3) is 3.19. The smallest absolute Gasteiger partial charge is 0.358 e. The van der Waals surface area contributed by atoms with Crippen LogP contribution in [0.2, 0.25) is 0 Å². The molecule has 0 spiro atoms. The van der Waals surface area contributed by atoms with Gasteiger partial charge in [-0.2, -0.15) is 0 Å². The van der Waals surface area contributed by atoms with E-state index in [0.717, 1.165) is 0 Å². The standard InChI is InChI=1S/C16H20N4O3S/c1-8-4-13(10(3)24-8)9(2)17-15(21)11-5-12(6-11)20-7-14(16(22)23)18-19-20/h4,7,9,11-12H,5-6H2,1-3H3,(H,17,21)(H,22,23). The molecule has 0 aromatic carbocycles. The molecule has 0 bridgehead atoms. The maximum absolute atomic E-state index is 12.4. The first-order valence-corrected chi connectivity index (χ1v) is 8.69. The van der Waals surface area contributed by atoms with Gasteiger partial charge in [-0.25, -0.2) is 9.48 Å². The molecular weight excluding hydrogens is 328 g/mol. The van der Waals surface area contributed by atoms with Crippen LogP contribution >= 0.6 is 11.3 Å². The predicted octanol–water partition coefficient (Wildman–Crippen LogP) is 2.48. The highest BCUT2D eigenvalue weighted by molar-refractivity contribution is 7.12. The van der Waals surface area contributed by atoms with Gasteiger partial charge in [-0.1, -0.05) is 5.21 Å². The molecule has 1 amide bonds. The minimum atomic E-state index is -1.09. The molecule has 8 heteroatoms. The number of nitrogens with zero attached hydrogens (tertiary/aromatic N) is 3. The minimum absolute atomic E-state index is 0.00789. The summed E-state index contributed by atoms with van der Waals surface area (Å²) >= 11 is 1.74. The van der Waals surface area contributed by atoms with Gasteiger partial charge in [0.25, 0.3) is 0 Å². The molecule has 1 aliphatic rings. The van der Waals surface area contributed by atoms with Gasteiger partial charge >= 0.3 is 5.97 Å². The van der Waals surface area contributed by atoms with Crippen LogP contribution in [0.25, 0.3) is 0 Å². The Morgan fingerprint density at radius 2 is 2.12 bits per heavy atom. The maximum Gasteiger partial charge on any atom is 0.358 e. The predicted molar refractivity (Wildman–Crippen MR) is 89.1 cm³/mol. The molecular formula is C16H20N4O3S. The van der Waals surface area contributed by atoms with Crippen molar-refractivity contribution in [3.8, 4) is 0 Å². The highest BCUT2D eigenvalue weighted by Gasteiger charge is 2.37. The van der Waals surface area contributed by atoms with E-state index in [1.54, 1.807) is 16.0 Å². The van der Waals surface area contributed by atoms with Crippen LogP contribution in [0.1, 0.15) is 57.7 Å². The summed E-state index contributed by atoms with van der Waals surface area (Å²) < 4.78 is 1.54. The van der Waals surface area contributed by atoms with Gasteiger partial charge in [-0.15, -0.1) is 16.4 Å². The number of aromatic nitrogens is 3. The van der Waals surface area contributed by atoms with E-state index in [1.807, 2.05) is 6.92 Å². The van der Waals surface area contributed by atoms with Gasteiger partial charge in [-0.05, 0) is 45.2 Å². The fourth-order valence-electron chi connectivity index (χ4n) is 3.06. The fraction of sp³-hybridized carbons (Fsp3) is 0.500. The molecule has 1 fully saturated rings. The normalized spacial score (nSPS) is 21.1. The maximum atomic E-state index is 12.4. The number of aryl methyl sites for hydroxylation is 2. The van der Waals surface area contributed by atoms with Crippen molar-refractivity contribution in [3.05, 3.63) is 33.3 Å². The van der Waals surface area contributed by atoms with Crippen molar-refractivity contribution in [3.63, 3.8) is 0 Å².